The predicted molar refractivity (Wildman–Crippen MR) is 104 cm³/mol. The van der Waals surface area contributed by atoms with Gasteiger partial charge in [-0.25, -0.2) is 0 Å². The monoisotopic (exact) mass is 381 g/mol. The summed E-state index contributed by atoms with van der Waals surface area (Å²) >= 11 is 6.03. The molecule has 1 amide bonds. The number of nitrogens with zero attached hydrogens (tertiary/aromatic N) is 1. The summed E-state index contributed by atoms with van der Waals surface area (Å²) < 4.78 is 11.3. The van der Waals surface area contributed by atoms with Gasteiger partial charge in [0.05, 0.1) is 17.0 Å². The van der Waals surface area contributed by atoms with Crippen molar-refractivity contribution in [2.24, 2.45) is 0 Å². The van der Waals surface area contributed by atoms with Gasteiger partial charge in [0.1, 0.15) is 17.9 Å². The van der Waals surface area contributed by atoms with Crippen molar-refractivity contribution in [3.8, 4) is 5.75 Å². The van der Waals surface area contributed by atoms with Crippen LogP contribution in [0.3, 0.4) is 0 Å². The van der Waals surface area contributed by atoms with E-state index in [-0.39, 0.29) is 17.1 Å². The lowest BCUT2D eigenvalue weighted by Gasteiger charge is -2.20. The fourth-order valence-electron chi connectivity index (χ4n) is 3.35. The molecule has 27 heavy (non-hydrogen) atoms. The van der Waals surface area contributed by atoms with Gasteiger partial charge in [0, 0.05) is 12.1 Å². The van der Waals surface area contributed by atoms with E-state index in [1.807, 2.05) is 12.1 Å². The maximum absolute atomic E-state index is 13.1. The zero-order chi connectivity index (χ0) is 19.1. The van der Waals surface area contributed by atoms with Gasteiger partial charge in [-0.3, -0.25) is 9.59 Å². The van der Waals surface area contributed by atoms with Crippen molar-refractivity contribution < 1.29 is 13.9 Å². The third-order valence-corrected chi connectivity index (χ3v) is 4.86. The molecule has 0 saturated carbocycles. The Morgan fingerprint density at radius 3 is 2.67 bits per heavy atom. The first-order valence-corrected chi connectivity index (χ1v) is 8.76. The first kappa shape index (κ1) is 17.4. The highest BCUT2D eigenvalue weighted by Crippen LogP contribution is 2.37. The first-order valence-electron chi connectivity index (χ1n) is 8.38. The van der Waals surface area contributed by atoms with Crippen molar-refractivity contribution >= 4 is 28.5 Å². The van der Waals surface area contributed by atoms with Crippen molar-refractivity contribution in [2.75, 3.05) is 13.7 Å². The summed E-state index contributed by atoms with van der Waals surface area (Å²) in [6, 6.07) is 11.5. The molecule has 2 heterocycles. The third kappa shape index (κ3) is 2.80. The van der Waals surface area contributed by atoms with Crippen LogP contribution in [0.4, 0.5) is 0 Å². The molecular weight excluding hydrogens is 366 g/mol. The Labute approximate surface area is 160 Å². The molecule has 4 rings (SSSR count). The second kappa shape index (κ2) is 6.59. The fourth-order valence-corrected chi connectivity index (χ4v) is 3.52. The Hall–Kier alpha value is -3.05. The van der Waals surface area contributed by atoms with E-state index in [0.29, 0.717) is 33.9 Å². The first-order chi connectivity index (χ1) is 13.0. The van der Waals surface area contributed by atoms with Crippen molar-refractivity contribution in [3.63, 3.8) is 0 Å². The van der Waals surface area contributed by atoms with Crippen molar-refractivity contribution in [2.45, 2.75) is 6.04 Å². The van der Waals surface area contributed by atoms with Gasteiger partial charge in [-0.2, -0.15) is 0 Å². The molecule has 0 bridgehead atoms. The van der Waals surface area contributed by atoms with E-state index in [4.69, 9.17) is 20.8 Å². The maximum Gasteiger partial charge on any atom is 0.290 e. The summed E-state index contributed by atoms with van der Waals surface area (Å²) in [6.07, 6.45) is 1.66. The quantitative estimate of drug-likeness (QED) is 0.636. The topological polar surface area (TPSA) is 59.8 Å². The molecule has 0 N–H and O–H groups in total. The summed E-state index contributed by atoms with van der Waals surface area (Å²) in [7, 11) is 1.65. The largest absolute Gasteiger partial charge is 0.490 e. The molecule has 1 unspecified atom stereocenters. The highest BCUT2D eigenvalue weighted by atomic mass is 35.5. The summed E-state index contributed by atoms with van der Waals surface area (Å²) in [6.45, 7) is 4.02. The molecule has 6 heteroatoms. The number of benzene rings is 2. The highest BCUT2D eigenvalue weighted by Gasteiger charge is 2.40. The number of rotatable bonds is 4. The van der Waals surface area contributed by atoms with Crippen LogP contribution < -0.4 is 10.2 Å². The molecule has 5 nitrogen and oxygen atoms in total. The summed E-state index contributed by atoms with van der Waals surface area (Å²) in [5.74, 6) is 0.438. The summed E-state index contributed by atoms with van der Waals surface area (Å²) in [5.41, 5.74) is 1.23. The number of hydrogen-bond acceptors (Lipinski definition) is 4. The normalized spacial score (nSPS) is 15.9. The minimum atomic E-state index is -0.527. The Morgan fingerprint density at radius 1 is 1.22 bits per heavy atom. The number of amides is 1. The van der Waals surface area contributed by atoms with E-state index < -0.39 is 6.04 Å². The average Bonchev–Trinajstić information content (AvgIpc) is 2.93. The van der Waals surface area contributed by atoms with Crippen LogP contribution in [0, 0.1) is 0 Å². The van der Waals surface area contributed by atoms with Crippen LogP contribution in [0.15, 0.2) is 64.3 Å². The Bertz CT molecular complexity index is 1120. The third-order valence-electron chi connectivity index (χ3n) is 4.63. The highest BCUT2D eigenvalue weighted by molar-refractivity contribution is 6.31. The van der Waals surface area contributed by atoms with Gasteiger partial charge in [0.2, 0.25) is 5.76 Å². The standard InChI is InChI=1S/C21H16ClNO4/c1-3-10-26-14-7-4-12(5-8-14)18-17-19(24)15-11-13(22)6-9-16(15)27-20(17)21(25)23(18)2/h3-9,11,18H,1,10H2,2H3. The van der Waals surface area contributed by atoms with Crippen molar-refractivity contribution in [3.05, 3.63) is 87.3 Å². The van der Waals surface area contributed by atoms with Crippen molar-refractivity contribution in [1.29, 1.82) is 0 Å². The second-order valence-corrected chi connectivity index (χ2v) is 6.74. The van der Waals surface area contributed by atoms with E-state index in [1.54, 1.807) is 43.5 Å². The van der Waals surface area contributed by atoms with Crippen LogP contribution in [0.1, 0.15) is 27.7 Å². The molecule has 1 aromatic heterocycles. The molecular formula is C21H16ClNO4. The van der Waals surface area contributed by atoms with Crippen LogP contribution in [0.2, 0.25) is 5.02 Å². The fraction of sp³-hybridized carbons (Fsp3) is 0.143. The molecule has 0 radical (unpaired) electrons. The van der Waals surface area contributed by atoms with E-state index in [0.717, 1.165) is 5.56 Å². The van der Waals surface area contributed by atoms with Gasteiger partial charge in [-0.15, -0.1) is 0 Å². The number of ether oxygens (including phenoxy) is 1. The lowest BCUT2D eigenvalue weighted by atomic mass is 9.99. The Balaban J connectivity index is 1.86. The van der Waals surface area contributed by atoms with Gasteiger partial charge >= 0.3 is 0 Å². The van der Waals surface area contributed by atoms with Gasteiger partial charge in [0.25, 0.3) is 5.91 Å². The van der Waals surface area contributed by atoms with Crippen LogP contribution >= 0.6 is 11.6 Å². The van der Waals surface area contributed by atoms with E-state index in [1.165, 1.54) is 4.90 Å². The van der Waals surface area contributed by atoms with Gasteiger partial charge in [-0.1, -0.05) is 36.4 Å². The molecule has 3 aromatic rings. The van der Waals surface area contributed by atoms with Crippen LogP contribution in [-0.4, -0.2) is 24.5 Å². The van der Waals surface area contributed by atoms with Crippen LogP contribution in [0.25, 0.3) is 11.0 Å². The van der Waals surface area contributed by atoms with Crippen LogP contribution in [-0.2, 0) is 0 Å². The lowest BCUT2D eigenvalue weighted by molar-refractivity contribution is 0.0771. The zero-order valence-electron chi connectivity index (χ0n) is 14.6. The number of carbonyl (C=O) groups is 1. The average molecular weight is 382 g/mol. The molecule has 0 fully saturated rings. The predicted octanol–water partition coefficient (Wildman–Crippen LogP) is 4.19. The Kier molecular flexibility index (Phi) is 4.24. The molecule has 1 aliphatic heterocycles. The zero-order valence-corrected chi connectivity index (χ0v) is 15.3. The minimum Gasteiger partial charge on any atom is -0.490 e. The molecule has 2 aromatic carbocycles. The lowest BCUT2D eigenvalue weighted by Crippen LogP contribution is -2.25. The number of fused-ring (bicyclic) bond motifs is 2. The van der Waals surface area contributed by atoms with Gasteiger partial charge < -0.3 is 14.1 Å². The molecule has 1 aliphatic rings. The SMILES string of the molecule is C=CCOc1ccc(C2c3c(oc4ccc(Cl)cc4c3=O)C(=O)N2C)cc1. The minimum absolute atomic E-state index is 0.0781. The van der Waals surface area contributed by atoms with Crippen LogP contribution in [0.5, 0.6) is 5.75 Å². The van der Waals surface area contributed by atoms with E-state index in [9.17, 15) is 9.59 Å². The molecule has 0 spiro atoms. The van der Waals surface area contributed by atoms with E-state index in [2.05, 4.69) is 6.58 Å². The Morgan fingerprint density at radius 2 is 1.96 bits per heavy atom. The molecule has 0 saturated heterocycles. The molecule has 136 valence electrons. The molecule has 1 atom stereocenters. The summed E-state index contributed by atoms with van der Waals surface area (Å²) in [5, 5.41) is 0.799. The molecule has 0 aliphatic carbocycles. The van der Waals surface area contributed by atoms with Crippen molar-refractivity contribution in [1.82, 2.24) is 4.90 Å². The number of carbonyl (C=O) groups excluding carboxylic acids is 1. The number of hydrogen-bond donors (Lipinski definition) is 0. The maximum atomic E-state index is 13.1. The van der Waals surface area contributed by atoms with E-state index >= 15 is 0 Å². The smallest absolute Gasteiger partial charge is 0.290 e. The van der Waals surface area contributed by atoms with Gasteiger partial charge in [-0.05, 0) is 35.9 Å². The second-order valence-electron chi connectivity index (χ2n) is 6.30. The van der Waals surface area contributed by atoms with Gasteiger partial charge in [0.15, 0.2) is 5.43 Å². The summed E-state index contributed by atoms with van der Waals surface area (Å²) in [4.78, 5) is 27.3. The number of halogens is 1.